The van der Waals surface area contributed by atoms with Crippen molar-refractivity contribution in [3.63, 3.8) is 0 Å². The summed E-state index contributed by atoms with van der Waals surface area (Å²) in [6.07, 6.45) is 1.43. The van der Waals surface area contributed by atoms with Gasteiger partial charge in [-0.05, 0) is 35.6 Å². The maximum Gasteiger partial charge on any atom is 0.488 e. The molecule has 0 bridgehead atoms. The van der Waals surface area contributed by atoms with Crippen LogP contribution in [0.3, 0.4) is 0 Å². The van der Waals surface area contributed by atoms with E-state index in [1.807, 2.05) is 20.8 Å². The first-order valence-electron chi connectivity index (χ1n) is 9.71. The van der Waals surface area contributed by atoms with Gasteiger partial charge in [0.1, 0.15) is 6.23 Å². The number of nitrogens with two attached hydrogens (primary N) is 1. The first-order chi connectivity index (χ1) is 15.4. The van der Waals surface area contributed by atoms with Crippen molar-refractivity contribution in [2.75, 3.05) is 12.3 Å². The Morgan fingerprint density at radius 1 is 1.26 bits per heavy atom. The number of H-pyrrole nitrogens is 1. The Balaban J connectivity index is 1.74. The minimum absolute atomic E-state index is 0.0562. The molecule has 3 rings (SSSR count). The van der Waals surface area contributed by atoms with E-state index < -0.39 is 34.7 Å². The zero-order valence-corrected chi connectivity index (χ0v) is 21.7. The first kappa shape index (κ1) is 27.6. The standard InChI is InChI=1S/C15H25N4O11P3S/c1-15(2,3)9-6-19(12-11(9)13(20)18-14(16)17-12)10-5-4-8(28-10)7-27-33(26,34)30-32(24,25)29-31(21,22)23/h6,8,10H,4-5,7H2,1-3H3,(H,24,25)(H,26,34)(H2,21,22,23)(H3,16,17,18,20)/t8-,10+,33?/m0/s1. The van der Waals surface area contributed by atoms with Crippen LogP contribution in [0, 0.1) is 0 Å². The van der Waals surface area contributed by atoms with Crippen LogP contribution in [0.2, 0.25) is 0 Å². The molecule has 0 saturated carbocycles. The molecule has 0 aromatic carbocycles. The number of nitrogens with zero attached hydrogens (tertiary/aromatic N) is 2. The molecule has 3 heterocycles. The quantitative estimate of drug-likeness (QED) is 0.252. The summed E-state index contributed by atoms with van der Waals surface area (Å²) in [5.74, 6) is -0.0562. The van der Waals surface area contributed by atoms with Crippen LogP contribution in [-0.2, 0) is 44.2 Å². The average molecular weight is 562 g/mol. The third-order valence-corrected chi connectivity index (χ3v) is 9.46. The molecule has 1 aliphatic heterocycles. The van der Waals surface area contributed by atoms with Crippen molar-refractivity contribution in [2.24, 2.45) is 0 Å². The Kier molecular flexibility index (Phi) is 7.69. The minimum Gasteiger partial charge on any atom is -0.369 e. The molecule has 192 valence electrons. The van der Waals surface area contributed by atoms with Crippen molar-refractivity contribution in [3.8, 4) is 0 Å². The molecule has 0 aliphatic carbocycles. The fraction of sp³-hybridized carbons (Fsp3) is 0.600. The van der Waals surface area contributed by atoms with Crippen molar-refractivity contribution >= 4 is 51.2 Å². The average Bonchev–Trinajstić information content (AvgIpc) is 3.20. The molecule has 0 radical (unpaired) electrons. The van der Waals surface area contributed by atoms with E-state index in [0.717, 1.165) is 5.56 Å². The van der Waals surface area contributed by atoms with Gasteiger partial charge in [-0.1, -0.05) is 20.8 Å². The van der Waals surface area contributed by atoms with Crippen molar-refractivity contribution in [1.29, 1.82) is 0 Å². The number of ether oxygens (including phenoxy) is 1. The van der Waals surface area contributed by atoms with Crippen LogP contribution in [0.1, 0.15) is 45.4 Å². The van der Waals surface area contributed by atoms with Crippen molar-refractivity contribution in [1.82, 2.24) is 14.5 Å². The number of fused-ring (bicyclic) bond motifs is 1. The van der Waals surface area contributed by atoms with Crippen LogP contribution in [0.5, 0.6) is 0 Å². The number of rotatable bonds is 8. The molecule has 1 aliphatic rings. The predicted molar refractivity (Wildman–Crippen MR) is 123 cm³/mol. The summed E-state index contributed by atoms with van der Waals surface area (Å²) in [7, 11) is -10.8. The SMILES string of the molecule is CC(C)(C)c1cn([C@H]2CC[C@@H](COP(O)(=S)OP(=O)(O)OP(=O)(O)O)O2)c2nc(N)[nH]c(=O)c12. The molecule has 0 spiro atoms. The summed E-state index contributed by atoms with van der Waals surface area (Å²) < 4.78 is 42.8. The second kappa shape index (κ2) is 9.47. The number of anilines is 1. The van der Waals surface area contributed by atoms with Gasteiger partial charge in [-0.3, -0.25) is 9.78 Å². The lowest BCUT2D eigenvalue weighted by Crippen LogP contribution is -2.17. The number of nitrogen functional groups attached to an aromatic ring is 1. The topological polar surface area (TPSA) is 229 Å². The number of hydrogen-bond donors (Lipinski definition) is 6. The van der Waals surface area contributed by atoms with Crippen LogP contribution in [0.15, 0.2) is 11.0 Å². The largest absolute Gasteiger partial charge is 0.488 e. The van der Waals surface area contributed by atoms with E-state index in [9.17, 15) is 23.7 Å². The zero-order valence-electron chi connectivity index (χ0n) is 18.2. The number of nitrogens with one attached hydrogen (secondary N) is 1. The van der Waals surface area contributed by atoms with Crippen molar-refractivity contribution in [3.05, 3.63) is 22.1 Å². The molecule has 7 N–H and O–H groups in total. The number of hydrogen-bond acceptors (Lipinski definition) is 10. The predicted octanol–water partition coefficient (Wildman–Crippen LogP) is 1.74. The summed E-state index contributed by atoms with van der Waals surface area (Å²) in [5.41, 5.74) is 6.04. The summed E-state index contributed by atoms with van der Waals surface area (Å²) in [5, 5.41) is 0.382. The summed E-state index contributed by atoms with van der Waals surface area (Å²) in [4.78, 5) is 55.9. The molecule has 2 unspecified atom stereocenters. The Morgan fingerprint density at radius 2 is 1.91 bits per heavy atom. The highest BCUT2D eigenvalue weighted by Gasteiger charge is 2.39. The Labute approximate surface area is 198 Å². The molecule has 2 aromatic rings. The monoisotopic (exact) mass is 562 g/mol. The summed E-state index contributed by atoms with van der Waals surface area (Å²) >= 11 is 4.61. The Hall–Kier alpha value is -0.990. The van der Waals surface area contributed by atoms with Gasteiger partial charge in [0.15, 0.2) is 5.65 Å². The molecule has 19 heteroatoms. The van der Waals surface area contributed by atoms with Gasteiger partial charge < -0.3 is 39.1 Å². The van der Waals surface area contributed by atoms with E-state index in [-0.39, 0.29) is 23.5 Å². The minimum atomic E-state index is -5.40. The maximum atomic E-state index is 12.6. The number of phosphoric acid groups is 2. The van der Waals surface area contributed by atoms with E-state index in [4.69, 9.17) is 24.8 Å². The molecule has 1 saturated heterocycles. The fourth-order valence-corrected chi connectivity index (χ4v) is 7.45. The van der Waals surface area contributed by atoms with Crippen molar-refractivity contribution < 1.29 is 46.6 Å². The molecule has 2 aromatic heterocycles. The van der Waals surface area contributed by atoms with Crippen LogP contribution in [-0.4, -0.2) is 46.8 Å². The van der Waals surface area contributed by atoms with Crippen LogP contribution < -0.4 is 11.3 Å². The normalized spacial score (nSPS) is 23.1. The van der Waals surface area contributed by atoms with Crippen LogP contribution in [0.4, 0.5) is 5.95 Å². The maximum absolute atomic E-state index is 12.6. The highest BCUT2D eigenvalue weighted by atomic mass is 32.5. The van der Waals surface area contributed by atoms with E-state index in [0.29, 0.717) is 23.9 Å². The summed E-state index contributed by atoms with van der Waals surface area (Å²) in [6, 6.07) is 0. The Morgan fingerprint density at radius 3 is 2.50 bits per heavy atom. The zero-order chi connectivity index (χ0) is 25.7. The lowest BCUT2D eigenvalue weighted by Gasteiger charge is -2.21. The van der Waals surface area contributed by atoms with Crippen LogP contribution in [0.25, 0.3) is 11.0 Å². The van der Waals surface area contributed by atoms with Crippen LogP contribution >= 0.6 is 22.4 Å². The highest BCUT2D eigenvalue weighted by molar-refractivity contribution is 8.08. The molecule has 15 nitrogen and oxygen atoms in total. The van der Waals surface area contributed by atoms with E-state index in [2.05, 4.69) is 30.4 Å². The Bertz CT molecular complexity index is 1280. The van der Waals surface area contributed by atoms with Gasteiger partial charge in [0.05, 0.1) is 18.1 Å². The van der Waals surface area contributed by atoms with Gasteiger partial charge in [-0.25, -0.2) is 13.4 Å². The van der Waals surface area contributed by atoms with Gasteiger partial charge >= 0.3 is 22.4 Å². The third-order valence-electron chi connectivity index (χ3n) is 4.74. The van der Waals surface area contributed by atoms with E-state index in [1.54, 1.807) is 10.8 Å². The van der Waals surface area contributed by atoms with Gasteiger partial charge in [-0.2, -0.15) is 9.29 Å². The van der Waals surface area contributed by atoms with Gasteiger partial charge in [0, 0.05) is 6.20 Å². The molecular weight excluding hydrogens is 537 g/mol. The first-order valence-corrected chi connectivity index (χ1v) is 15.3. The second-order valence-corrected chi connectivity index (χ2v) is 14.3. The van der Waals surface area contributed by atoms with Gasteiger partial charge in [-0.15, -0.1) is 0 Å². The van der Waals surface area contributed by atoms with E-state index >= 15 is 0 Å². The highest BCUT2D eigenvalue weighted by Crippen LogP contribution is 2.66. The second-order valence-electron chi connectivity index (χ2n) is 8.53. The molecular formula is C15H25N4O11P3S. The third kappa shape index (κ3) is 6.82. The smallest absolute Gasteiger partial charge is 0.369 e. The molecule has 34 heavy (non-hydrogen) atoms. The number of aromatic nitrogens is 3. The van der Waals surface area contributed by atoms with E-state index in [1.165, 1.54) is 0 Å². The van der Waals surface area contributed by atoms with Gasteiger partial charge in [0.2, 0.25) is 5.95 Å². The summed E-state index contributed by atoms with van der Waals surface area (Å²) in [6.45, 7) is 1.04. The van der Waals surface area contributed by atoms with Crippen molar-refractivity contribution in [2.45, 2.75) is 51.4 Å². The molecule has 4 atom stereocenters. The number of aromatic amines is 1. The lowest BCUT2D eigenvalue weighted by molar-refractivity contribution is -0.0177. The molecule has 0 amide bonds. The van der Waals surface area contributed by atoms with Gasteiger partial charge in [0.25, 0.3) is 5.56 Å². The fourth-order valence-electron chi connectivity index (χ4n) is 3.46. The molecule has 1 fully saturated rings. The lowest BCUT2D eigenvalue weighted by atomic mass is 9.87.